The molecule has 0 bridgehead atoms. The Bertz CT molecular complexity index is 396. The van der Waals surface area contributed by atoms with E-state index in [1.54, 1.807) is 12.1 Å². The molecule has 0 N–H and O–H groups in total. The number of non-ortho nitro benzene ring substituents is 1. The number of hydrogen-bond acceptors (Lipinski definition) is 3. The van der Waals surface area contributed by atoms with Crippen LogP contribution in [0.2, 0.25) is 0 Å². The Hall–Kier alpha value is -1.89. The van der Waals surface area contributed by atoms with Gasteiger partial charge in [-0.3, -0.25) is 10.1 Å². The fraction of sp³-hybridized carbons (Fsp3) is 0.364. The molecule has 0 amide bonds. The summed E-state index contributed by atoms with van der Waals surface area (Å²) in [5.41, 5.74) is 0.956. The lowest BCUT2D eigenvalue weighted by Gasteiger charge is -2.10. The van der Waals surface area contributed by atoms with Crippen LogP contribution in [0, 0.1) is 21.4 Å². The zero-order valence-corrected chi connectivity index (χ0v) is 8.51. The minimum absolute atomic E-state index is 0.0869. The third kappa shape index (κ3) is 2.78. The van der Waals surface area contributed by atoms with Gasteiger partial charge < -0.3 is 0 Å². The summed E-state index contributed by atoms with van der Waals surface area (Å²) < 4.78 is 0. The van der Waals surface area contributed by atoms with Gasteiger partial charge in [-0.15, -0.1) is 0 Å². The van der Waals surface area contributed by atoms with Crippen molar-refractivity contribution in [3.8, 4) is 6.07 Å². The highest BCUT2D eigenvalue weighted by atomic mass is 16.6. The first kappa shape index (κ1) is 11.2. The predicted octanol–water partition coefficient (Wildman–Crippen LogP) is 3.00. The van der Waals surface area contributed by atoms with Crippen molar-refractivity contribution in [1.29, 1.82) is 5.26 Å². The summed E-state index contributed by atoms with van der Waals surface area (Å²) in [4.78, 5) is 10.1. The summed E-state index contributed by atoms with van der Waals surface area (Å²) in [6.45, 7) is 1.97. The van der Waals surface area contributed by atoms with Crippen molar-refractivity contribution in [1.82, 2.24) is 0 Å². The van der Waals surface area contributed by atoms with Crippen LogP contribution in [0.5, 0.6) is 0 Å². The monoisotopic (exact) mass is 204 g/mol. The topological polar surface area (TPSA) is 66.9 Å². The lowest BCUT2D eigenvalue weighted by molar-refractivity contribution is -0.384. The normalized spacial score (nSPS) is 11.7. The number of nitrogens with zero attached hydrogens (tertiary/aromatic N) is 2. The van der Waals surface area contributed by atoms with Gasteiger partial charge >= 0.3 is 0 Å². The number of hydrogen-bond donors (Lipinski definition) is 0. The molecule has 0 spiro atoms. The smallest absolute Gasteiger partial charge is 0.258 e. The summed E-state index contributed by atoms with van der Waals surface area (Å²) in [6, 6.07) is 8.60. The third-order valence-corrected chi connectivity index (χ3v) is 2.38. The maximum absolute atomic E-state index is 10.6. The van der Waals surface area contributed by atoms with E-state index in [2.05, 4.69) is 6.07 Å². The van der Waals surface area contributed by atoms with Gasteiger partial charge in [0, 0.05) is 18.6 Å². The SMILES string of the molecule is CCC(CC#N)c1cccc([N+](=O)[O-])c1. The quantitative estimate of drug-likeness (QED) is 0.559. The predicted molar refractivity (Wildman–Crippen MR) is 56.4 cm³/mol. The van der Waals surface area contributed by atoms with E-state index in [4.69, 9.17) is 5.26 Å². The van der Waals surface area contributed by atoms with Crippen LogP contribution >= 0.6 is 0 Å². The molecule has 0 aromatic heterocycles. The Labute approximate surface area is 88.3 Å². The summed E-state index contributed by atoms with van der Waals surface area (Å²) >= 11 is 0. The Morgan fingerprint density at radius 2 is 2.33 bits per heavy atom. The van der Waals surface area contributed by atoms with Crippen molar-refractivity contribution in [3.05, 3.63) is 39.9 Å². The Morgan fingerprint density at radius 3 is 2.87 bits per heavy atom. The van der Waals surface area contributed by atoms with E-state index < -0.39 is 4.92 Å². The van der Waals surface area contributed by atoms with Gasteiger partial charge in [-0.1, -0.05) is 19.1 Å². The summed E-state index contributed by atoms with van der Waals surface area (Å²) in [5.74, 6) is 0.0925. The lowest BCUT2D eigenvalue weighted by atomic mass is 9.93. The van der Waals surface area contributed by atoms with Crippen LogP contribution in [0.15, 0.2) is 24.3 Å². The summed E-state index contributed by atoms with van der Waals surface area (Å²) in [6.07, 6.45) is 1.21. The Morgan fingerprint density at radius 1 is 1.60 bits per heavy atom. The van der Waals surface area contributed by atoms with E-state index in [1.807, 2.05) is 13.0 Å². The van der Waals surface area contributed by atoms with E-state index >= 15 is 0 Å². The molecule has 0 fully saturated rings. The van der Waals surface area contributed by atoms with E-state index in [9.17, 15) is 10.1 Å². The van der Waals surface area contributed by atoms with Crippen molar-refractivity contribution in [3.63, 3.8) is 0 Å². The first-order valence-corrected chi connectivity index (χ1v) is 4.80. The van der Waals surface area contributed by atoms with E-state index in [0.717, 1.165) is 12.0 Å². The molecule has 1 aromatic carbocycles. The summed E-state index contributed by atoms with van der Waals surface area (Å²) in [7, 11) is 0. The molecule has 1 aromatic rings. The first-order valence-electron chi connectivity index (χ1n) is 4.80. The molecule has 15 heavy (non-hydrogen) atoms. The molecule has 0 heterocycles. The van der Waals surface area contributed by atoms with Crippen LogP contribution in [0.3, 0.4) is 0 Å². The molecule has 4 nitrogen and oxygen atoms in total. The maximum atomic E-state index is 10.6. The number of nitriles is 1. The van der Waals surface area contributed by atoms with Gasteiger partial charge in [-0.05, 0) is 17.9 Å². The highest BCUT2D eigenvalue weighted by Crippen LogP contribution is 2.25. The molecule has 4 heteroatoms. The molecule has 0 aliphatic rings. The van der Waals surface area contributed by atoms with E-state index in [-0.39, 0.29) is 11.6 Å². The van der Waals surface area contributed by atoms with Crippen LogP contribution in [-0.2, 0) is 0 Å². The average molecular weight is 204 g/mol. The van der Waals surface area contributed by atoms with Gasteiger partial charge in [0.15, 0.2) is 0 Å². The molecule has 0 aliphatic carbocycles. The molecule has 0 saturated carbocycles. The Balaban J connectivity index is 2.98. The van der Waals surface area contributed by atoms with Crippen LogP contribution in [-0.4, -0.2) is 4.92 Å². The second kappa shape index (κ2) is 5.11. The molecule has 1 unspecified atom stereocenters. The maximum Gasteiger partial charge on any atom is 0.269 e. The van der Waals surface area contributed by atoms with Gasteiger partial charge in [-0.2, -0.15) is 5.26 Å². The minimum atomic E-state index is -0.414. The highest BCUT2D eigenvalue weighted by molar-refractivity contribution is 5.36. The number of nitro benzene ring substituents is 1. The molecular formula is C11H12N2O2. The standard InChI is InChI=1S/C11H12N2O2/c1-2-9(6-7-12)10-4-3-5-11(8-10)13(14)15/h3-5,8-9H,2,6H2,1H3. The van der Waals surface area contributed by atoms with Crippen LogP contribution in [0.1, 0.15) is 31.2 Å². The fourth-order valence-corrected chi connectivity index (χ4v) is 1.50. The van der Waals surface area contributed by atoms with Gasteiger partial charge in [0.1, 0.15) is 0 Å². The minimum Gasteiger partial charge on any atom is -0.258 e. The van der Waals surface area contributed by atoms with Crippen LogP contribution < -0.4 is 0 Å². The van der Waals surface area contributed by atoms with Crippen molar-refractivity contribution in [2.24, 2.45) is 0 Å². The second-order valence-electron chi connectivity index (χ2n) is 3.32. The molecule has 0 aliphatic heterocycles. The highest BCUT2D eigenvalue weighted by Gasteiger charge is 2.12. The first-order chi connectivity index (χ1) is 7.19. The van der Waals surface area contributed by atoms with E-state index in [0.29, 0.717) is 6.42 Å². The molecular weight excluding hydrogens is 192 g/mol. The van der Waals surface area contributed by atoms with Gasteiger partial charge in [0.2, 0.25) is 0 Å². The molecule has 1 rings (SSSR count). The van der Waals surface area contributed by atoms with Crippen LogP contribution in [0.25, 0.3) is 0 Å². The van der Waals surface area contributed by atoms with Gasteiger partial charge in [0.05, 0.1) is 11.0 Å². The largest absolute Gasteiger partial charge is 0.269 e. The van der Waals surface area contributed by atoms with Crippen LogP contribution in [0.4, 0.5) is 5.69 Å². The zero-order valence-electron chi connectivity index (χ0n) is 8.51. The molecule has 0 radical (unpaired) electrons. The lowest BCUT2D eigenvalue weighted by Crippen LogP contribution is -1.97. The molecule has 78 valence electrons. The Kier molecular flexibility index (Phi) is 3.81. The second-order valence-corrected chi connectivity index (χ2v) is 3.32. The molecule has 0 saturated heterocycles. The third-order valence-electron chi connectivity index (χ3n) is 2.38. The number of benzene rings is 1. The average Bonchev–Trinajstić information content (AvgIpc) is 2.26. The van der Waals surface area contributed by atoms with Gasteiger partial charge in [-0.25, -0.2) is 0 Å². The van der Waals surface area contributed by atoms with Crippen molar-refractivity contribution in [2.75, 3.05) is 0 Å². The van der Waals surface area contributed by atoms with Gasteiger partial charge in [0.25, 0.3) is 5.69 Å². The fourth-order valence-electron chi connectivity index (χ4n) is 1.50. The summed E-state index contributed by atoms with van der Waals surface area (Å²) in [5, 5.41) is 19.2. The number of rotatable bonds is 4. The number of nitro groups is 1. The van der Waals surface area contributed by atoms with E-state index in [1.165, 1.54) is 6.07 Å². The van der Waals surface area contributed by atoms with Crippen molar-refractivity contribution in [2.45, 2.75) is 25.7 Å². The zero-order chi connectivity index (χ0) is 11.3. The van der Waals surface area contributed by atoms with Crippen molar-refractivity contribution < 1.29 is 4.92 Å². The molecule has 1 atom stereocenters. The van der Waals surface area contributed by atoms with Crippen molar-refractivity contribution >= 4 is 5.69 Å².